The minimum atomic E-state index is -0.101. The zero-order valence-corrected chi connectivity index (χ0v) is 13.2. The van der Waals surface area contributed by atoms with E-state index >= 15 is 0 Å². The van der Waals surface area contributed by atoms with Crippen LogP contribution >= 0.6 is 11.6 Å². The lowest BCUT2D eigenvalue weighted by atomic mass is 10.1. The quantitative estimate of drug-likeness (QED) is 0.688. The van der Waals surface area contributed by atoms with E-state index < -0.39 is 0 Å². The predicted octanol–water partition coefficient (Wildman–Crippen LogP) is 3.32. The number of carbonyl (C=O) groups is 1. The molecule has 0 radical (unpaired) electrons. The normalized spacial score (nSPS) is 14.0. The van der Waals surface area contributed by atoms with E-state index in [0.29, 0.717) is 23.7 Å². The zero-order chi connectivity index (χ0) is 15.1. The molecule has 0 aliphatic heterocycles. The van der Waals surface area contributed by atoms with E-state index in [1.807, 2.05) is 13.0 Å². The van der Waals surface area contributed by atoms with Gasteiger partial charge >= 0.3 is 0 Å². The summed E-state index contributed by atoms with van der Waals surface area (Å²) in [7, 11) is 0. The van der Waals surface area contributed by atoms with Crippen molar-refractivity contribution in [2.45, 2.75) is 26.2 Å². The second kappa shape index (κ2) is 8.25. The van der Waals surface area contributed by atoms with E-state index in [-0.39, 0.29) is 5.91 Å². The van der Waals surface area contributed by atoms with Crippen molar-refractivity contribution in [2.75, 3.05) is 31.6 Å². The Morgan fingerprint density at radius 3 is 2.95 bits per heavy atom. The number of benzene rings is 1. The molecule has 0 bridgehead atoms. The second-order valence-corrected chi connectivity index (χ2v) is 5.78. The fourth-order valence-corrected chi connectivity index (χ4v) is 2.23. The van der Waals surface area contributed by atoms with Gasteiger partial charge in [-0.1, -0.05) is 11.6 Å². The number of amides is 1. The first-order chi connectivity index (χ1) is 10.2. The van der Waals surface area contributed by atoms with Crippen molar-refractivity contribution in [3.63, 3.8) is 0 Å². The van der Waals surface area contributed by atoms with Gasteiger partial charge in [0.1, 0.15) is 0 Å². The summed E-state index contributed by atoms with van der Waals surface area (Å²) in [5.74, 6) is 0.685. The highest BCUT2D eigenvalue weighted by atomic mass is 35.5. The standard InChI is InChI=1S/C16H23ClN2O2/c1-2-18-15-7-6-13(17)10-14(15)16(20)19-8-3-9-21-11-12-4-5-12/h6-7,10,12,18H,2-5,8-9,11H2,1H3,(H,19,20). The summed E-state index contributed by atoms with van der Waals surface area (Å²) in [4.78, 5) is 12.2. The Morgan fingerprint density at radius 2 is 2.24 bits per heavy atom. The molecule has 1 aliphatic carbocycles. The Morgan fingerprint density at radius 1 is 1.43 bits per heavy atom. The number of rotatable bonds is 9. The van der Waals surface area contributed by atoms with Gasteiger partial charge in [0.05, 0.1) is 5.56 Å². The van der Waals surface area contributed by atoms with E-state index in [9.17, 15) is 4.79 Å². The summed E-state index contributed by atoms with van der Waals surface area (Å²) >= 11 is 5.97. The molecule has 0 atom stereocenters. The third-order valence-corrected chi connectivity index (χ3v) is 3.63. The van der Waals surface area contributed by atoms with Crippen LogP contribution in [0, 0.1) is 5.92 Å². The second-order valence-electron chi connectivity index (χ2n) is 5.35. The van der Waals surface area contributed by atoms with Crippen molar-refractivity contribution in [1.29, 1.82) is 0 Å². The summed E-state index contributed by atoms with van der Waals surface area (Å²) in [5.41, 5.74) is 1.40. The van der Waals surface area contributed by atoms with Gasteiger partial charge in [0.15, 0.2) is 0 Å². The number of hydrogen-bond acceptors (Lipinski definition) is 3. The maximum atomic E-state index is 12.2. The lowest BCUT2D eigenvalue weighted by molar-refractivity contribution is 0.0938. The molecule has 0 heterocycles. The highest BCUT2D eigenvalue weighted by Gasteiger charge is 2.20. The van der Waals surface area contributed by atoms with Crippen molar-refractivity contribution < 1.29 is 9.53 Å². The number of halogens is 1. The Bertz CT molecular complexity index is 475. The average molecular weight is 311 g/mol. The lowest BCUT2D eigenvalue weighted by Gasteiger charge is -2.11. The van der Waals surface area contributed by atoms with Crippen molar-refractivity contribution in [1.82, 2.24) is 5.32 Å². The topological polar surface area (TPSA) is 50.4 Å². The minimum absolute atomic E-state index is 0.101. The summed E-state index contributed by atoms with van der Waals surface area (Å²) in [6.07, 6.45) is 3.44. The van der Waals surface area contributed by atoms with Gasteiger partial charge in [-0.3, -0.25) is 4.79 Å². The number of carbonyl (C=O) groups excluding carboxylic acids is 1. The molecule has 1 aliphatic rings. The van der Waals surface area contributed by atoms with Gasteiger partial charge in [0, 0.05) is 37.0 Å². The van der Waals surface area contributed by atoms with Gasteiger partial charge in [-0.25, -0.2) is 0 Å². The van der Waals surface area contributed by atoms with Crippen LogP contribution in [-0.4, -0.2) is 32.2 Å². The molecule has 0 unspecified atom stereocenters. The molecule has 0 saturated heterocycles. The van der Waals surface area contributed by atoms with Crippen LogP contribution in [0.15, 0.2) is 18.2 Å². The Labute approximate surface area is 131 Å². The molecule has 5 heteroatoms. The first kappa shape index (κ1) is 16.1. The molecule has 2 rings (SSSR count). The first-order valence-corrected chi connectivity index (χ1v) is 7.98. The maximum Gasteiger partial charge on any atom is 0.253 e. The first-order valence-electron chi connectivity index (χ1n) is 7.60. The fraction of sp³-hybridized carbons (Fsp3) is 0.562. The van der Waals surface area contributed by atoms with Crippen LogP contribution in [0.5, 0.6) is 0 Å². The van der Waals surface area contributed by atoms with Crippen molar-refractivity contribution in [3.8, 4) is 0 Å². The fourth-order valence-electron chi connectivity index (χ4n) is 2.05. The van der Waals surface area contributed by atoms with Gasteiger partial charge in [-0.05, 0) is 50.3 Å². The summed E-state index contributed by atoms with van der Waals surface area (Å²) in [6.45, 7) is 4.94. The summed E-state index contributed by atoms with van der Waals surface area (Å²) in [6, 6.07) is 5.31. The van der Waals surface area contributed by atoms with Gasteiger partial charge < -0.3 is 15.4 Å². The molecule has 4 nitrogen and oxygen atoms in total. The highest BCUT2D eigenvalue weighted by Crippen LogP contribution is 2.28. The molecule has 1 aromatic carbocycles. The molecule has 2 N–H and O–H groups in total. The van der Waals surface area contributed by atoms with Crippen LogP contribution in [0.3, 0.4) is 0 Å². The molecular formula is C16H23ClN2O2. The molecule has 1 amide bonds. The Balaban J connectivity index is 1.74. The van der Waals surface area contributed by atoms with Gasteiger partial charge in [-0.15, -0.1) is 0 Å². The average Bonchev–Trinajstić information content (AvgIpc) is 3.28. The summed E-state index contributed by atoms with van der Waals surface area (Å²) < 4.78 is 5.54. The summed E-state index contributed by atoms with van der Waals surface area (Å²) in [5, 5.41) is 6.65. The maximum absolute atomic E-state index is 12.2. The molecule has 1 fully saturated rings. The van der Waals surface area contributed by atoms with Crippen molar-refractivity contribution in [2.24, 2.45) is 5.92 Å². The van der Waals surface area contributed by atoms with Crippen LogP contribution in [0.1, 0.15) is 36.5 Å². The number of hydrogen-bond donors (Lipinski definition) is 2. The van der Waals surface area contributed by atoms with Crippen molar-refractivity contribution in [3.05, 3.63) is 28.8 Å². The number of anilines is 1. The number of nitrogens with one attached hydrogen (secondary N) is 2. The molecule has 0 spiro atoms. The Kier molecular flexibility index (Phi) is 6.33. The number of ether oxygens (including phenoxy) is 1. The lowest BCUT2D eigenvalue weighted by Crippen LogP contribution is -2.26. The molecule has 116 valence electrons. The van der Waals surface area contributed by atoms with E-state index in [4.69, 9.17) is 16.3 Å². The van der Waals surface area contributed by atoms with Crippen LogP contribution in [0.25, 0.3) is 0 Å². The monoisotopic (exact) mass is 310 g/mol. The molecule has 0 aromatic heterocycles. The smallest absolute Gasteiger partial charge is 0.253 e. The van der Waals surface area contributed by atoms with Gasteiger partial charge in [0.25, 0.3) is 5.91 Å². The van der Waals surface area contributed by atoms with Crippen LogP contribution in [0.2, 0.25) is 5.02 Å². The van der Waals surface area contributed by atoms with E-state index in [0.717, 1.165) is 31.2 Å². The molecule has 21 heavy (non-hydrogen) atoms. The van der Waals surface area contributed by atoms with E-state index in [2.05, 4.69) is 10.6 Å². The molecule has 1 aromatic rings. The zero-order valence-electron chi connectivity index (χ0n) is 12.5. The van der Waals surface area contributed by atoms with Crippen LogP contribution < -0.4 is 10.6 Å². The largest absolute Gasteiger partial charge is 0.385 e. The highest BCUT2D eigenvalue weighted by molar-refractivity contribution is 6.31. The van der Waals surface area contributed by atoms with E-state index in [1.54, 1.807) is 12.1 Å². The van der Waals surface area contributed by atoms with Crippen molar-refractivity contribution >= 4 is 23.2 Å². The van der Waals surface area contributed by atoms with E-state index in [1.165, 1.54) is 12.8 Å². The SMILES string of the molecule is CCNc1ccc(Cl)cc1C(=O)NCCCOCC1CC1. The van der Waals surface area contributed by atoms with Gasteiger partial charge in [0.2, 0.25) is 0 Å². The van der Waals surface area contributed by atoms with Crippen LogP contribution in [0.4, 0.5) is 5.69 Å². The third-order valence-electron chi connectivity index (χ3n) is 3.39. The predicted molar refractivity (Wildman–Crippen MR) is 86.1 cm³/mol. The third kappa shape index (κ3) is 5.56. The molecular weight excluding hydrogens is 288 g/mol. The minimum Gasteiger partial charge on any atom is -0.385 e. The molecule has 1 saturated carbocycles. The Hall–Kier alpha value is -1.26. The van der Waals surface area contributed by atoms with Gasteiger partial charge in [-0.2, -0.15) is 0 Å². The van der Waals surface area contributed by atoms with Crippen LogP contribution in [-0.2, 0) is 4.74 Å².